The zero-order chi connectivity index (χ0) is 30.4. The number of benzene rings is 3. The third-order valence-electron chi connectivity index (χ3n) is 6.46. The standard InChI is InChI=1S/C29H29ClF3N3O6/c1-17(35-41-11-10-37)19-12-21(15-23(13-19)39-2)34-27(24-7-5-20(30)14-26(24)40-3)28(38)36-9-8-18-4-6-22(16-25(18)36)42-29(31,32)33/h4-7,12-16,27,34,37H,8-11H2,1-3H3/b35-17+. The van der Waals surface area contributed by atoms with Crippen LogP contribution in [0.15, 0.2) is 59.8 Å². The van der Waals surface area contributed by atoms with Crippen molar-refractivity contribution in [3.8, 4) is 17.2 Å². The number of carbonyl (C=O) groups excluding carboxylic acids is 1. The molecule has 3 aromatic carbocycles. The van der Waals surface area contributed by atoms with E-state index in [4.69, 9.17) is 31.0 Å². The number of anilines is 2. The van der Waals surface area contributed by atoms with Gasteiger partial charge in [-0.25, -0.2) is 0 Å². The van der Waals surface area contributed by atoms with E-state index < -0.39 is 24.1 Å². The first-order chi connectivity index (χ1) is 20.0. The molecular weight excluding hydrogens is 579 g/mol. The first-order valence-electron chi connectivity index (χ1n) is 12.8. The van der Waals surface area contributed by atoms with Gasteiger partial charge in [-0.2, -0.15) is 0 Å². The van der Waals surface area contributed by atoms with Gasteiger partial charge in [0.15, 0.2) is 0 Å². The molecule has 0 aliphatic carbocycles. The molecule has 224 valence electrons. The van der Waals surface area contributed by atoms with Crippen molar-refractivity contribution in [2.24, 2.45) is 5.16 Å². The highest BCUT2D eigenvalue weighted by molar-refractivity contribution is 6.30. The SMILES string of the molecule is COc1cc(NC(C(=O)N2CCc3ccc(OC(F)(F)F)cc32)c2ccc(Cl)cc2OC)cc(/C(C)=N/OCCO)c1. The molecule has 0 saturated heterocycles. The summed E-state index contributed by atoms with van der Waals surface area (Å²) in [6.07, 6.45) is -4.43. The lowest BCUT2D eigenvalue weighted by molar-refractivity contribution is -0.274. The summed E-state index contributed by atoms with van der Waals surface area (Å²) >= 11 is 6.19. The molecule has 1 heterocycles. The Morgan fingerprint density at radius 3 is 2.57 bits per heavy atom. The summed E-state index contributed by atoms with van der Waals surface area (Å²) in [7, 11) is 2.93. The Balaban J connectivity index is 1.76. The minimum atomic E-state index is -4.88. The van der Waals surface area contributed by atoms with Crippen LogP contribution in [0, 0.1) is 0 Å². The number of fused-ring (bicyclic) bond motifs is 1. The highest BCUT2D eigenvalue weighted by Crippen LogP contribution is 2.38. The molecule has 1 aliphatic rings. The van der Waals surface area contributed by atoms with Gasteiger partial charge >= 0.3 is 6.36 Å². The zero-order valence-electron chi connectivity index (χ0n) is 23.0. The molecule has 3 aromatic rings. The van der Waals surface area contributed by atoms with Crippen LogP contribution in [0.5, 0.6) is 17.2 Å². The molecule has 0 fully saturated rings. The number of hydrogen-bond donors (Lipinski definition) is 2. The summed E-state index contributed by atoms with van der Waals surface area (Å²) in [6.45, 7) is 1.78. The minimum Gasteiger partial charge on any atom is -0.497 e. The van der Waals surface area contributed by atoms with Crippen molar-refractivity contribution >= 4 is 34.6 Å². The Bertz CT molecular complexity index is 1470. The molecule has 42 heavy (non-hydrogen) atoms. The molecule has 0 bridgehead atoms. The number of oxime groups is 1. The second-order valence-corrected chi connectivity index (χ2v) is 9.66. The van der Waals surface area contributed by atoms with Gasteiger partial charge in [0.25, 0.3) is 5.91 Å². The van der Waals surface area contributed by atoms with E-state index in [9.17, 15) is 18.0 Å². The van der Waals surface area contributed by atoms with Crippen LogP contribution in [0.3, 0.4) is 0 Å². The lowest BCUT2D eigenvalue weighted by Crippen LogP contribution is -2.37. The van der Waals surface area contributed by atoms with E-state index in [1.54, 1.807) is 43.3 Å². The van der Waals surface area contributed by atoms with Crippen LogP contribution < -0.4 is 24.4 Å². The van der Waals surface area contributed by atoms with E-state index in [0.29, 0.717) is 56.7 Å². The van der Waals surface area contributed by atoms with E-state index >= 15 is 0 Å². The molecule has 1 unspecified atom stereocenters. The molecule has 0 aromatic heterocycles. The topological polar surface area (TPSA) is 102 Å². The van der Waals surface area contributed by atoms with Crippen LogP contribution in [0.4, 0.5) is 24.5 Å². The zero-order valence-corrected chi connectivity index (χ0v) is 23.8. The Morgan fingerprint density at radius 1 is 1.10 bits per heavy atom. The molecule has 2 N–H and O–H groups in total. The highest BCUT2D eigenvalue weighted by atomic mass is 35.5. The number of rotatable bonds is 11. The van der Waals surface area contributed by atoms with Crippen LogP contribution in [-0.2, 0) is 16.1 Å². The molecule has 0 spiro atoms. The summed E-state index contributed by atoms with van der Waals surface area (Å²) in [5.41, 5.74) is 3.05. The van der Waals surface area contributed by atoms with E-state index in [1.165, 1.54) is 37.3 Å². The summed E-state index contributed by atoms with van der Waals surface area (Å²) in [5, 5.41) is 16.6. The number of hydrogen-bond acceptors (Lipinski definition) is 8. The fourth-order valence-electron chi connectivity index (χ4n) is 4.55. The van der Waals surface area contributed by atoms with E-state index in [-0.39, 0.29) is 19.8 Å². The molecular formula is C29H29ClF3N3O6. The van der Waals surface area contributed by atoms with Crippen molar-refractivity contribution in [1.29, 1.82) is 0 Å². The molecule has 1 aliphatic heterocycles. The normalized spacial score (nSPS) is 13.8. The third-order valence-corrected chi connectivity index (χ3v) is 6.70. The fourth-order valence-corrected chi connectivity index (χ4v) is 4.71. The number of ether oxygens (including phenoxy) is 3. The van der Waals surface area contributed by atoms with Crippen LogP contribution in [-0.4, -0.2) is 57.1 Å². The molecule has 9 nitrogen and oxygen atoms in total. The number of nitrogens with zero attached hydrogens (tertiary/aromatic N) is 2. The van der Waals surface area contributed by atoms with Gasteiger partial charge in [0.05, 0.1) is 32.2 Å². The second-order valence-electron chi connectivity index (χ2n) is 9.23. The Kier molecular flexibility index (Phi) is 9.69. The smallest absolute Gasteiger partial charge is 0.497 e. The van der Waals surface area contributed by atoms with Crippen LogP contribution in [0.25, 0.3) is 0 Å². The van der Waals surface area contributed by atoms with E-state index in [2.05, 4.69) is 15.2 Å². The molecule has 4 rings (SSSR count). The fraction of sp³-hybridized carbons (Fsp3) is 0.310. The average molecular weight is 608 g/mol. The monoisotopic (exact) mass is 607 g/mol. The van der Waals surface area contributed by atoms with Crippen LogP contribution >= 0.6 is 11.6 Å². The van der Waals surface area contributed by atoms with Crippen molar-refractivity contribution in [1.82, 2.24) is 0 Å². The van der Waals surface area contributed by atoms with E-state index in [1.807, 2.05) is 0 Å². The van der Waals surface area contributed by atoms with Gasteiger partial charge in [0, 0.05) is 40.5 Å². The lowest BCUT2D eigenvalue weighted by atomic mass is 10.0. The van der Waals surface area contributed by atoms with Gasteiger partial charge in [-0.1, -0.05) is 28.9 Å². The number of carbonyl (C=O) groups is 1. The van der Waals surface area contributed by atoms with Crippen molar-refractivity contribution < 1.29 is 42.1 Å². The number of alkyl halides is 3. The van der Waals surface area contributed by atoms with E-state index in [0.717, 1.165) is 0 Å². The number of amides is 1. The maximum atomic E-state index is 14.2. The Labute approximate surface area is 245 Å². The molecule has 0 saturated carbocycles. The molecule has 13 heteroatoms. The number of halogens is 4. The van der Waals surface area contributed by atoms with Gasteiger partial charge in [-0.3, -0.25) is 4.79 Å². The van der Waals surface area contributed by atoms with Crippen molar-refractivity contribution in [3.63, 3.8) is 0 Å². The highest BCUT2D eigenvalue weighted by Gasteiger charge is 2.35. The number of aliphatic hydroxyl groups is 1. The maximum absolute atomic E-state index is 14.2. The quantitative estimate of drug-likeness (QED) is 0.163. The summed E-state index contributed by atoms with van der Waals surface area (Å²) in [6, 6.07) is 12.9. The summed E-state index contributed by atoms with van der Waals surface area (Å²) in [4.78, 5) is 20.7. The summed E-state index contributed by atoms with van der Waals surface area (Å²) < 4.78 is 53.9. The number of aliphatic hydroxyl groups excluding tert-OH is 1. The van der Waals surface area contributed by atoms with Crippen molar-refractivity contribution in [2.75, 3.05) is 44.2 Å². The van der Waals surface area contributed by atoms with Gasteiger partial charge in [0.1, 0.15) is 29.9 Å². The summed E-state index contributed by atoms with van der Waals surface area (Å²) in [5.74, 6) is -0.0775. The third kappa shape index (κ3) is 7.37. The largest absolute Gasteiger partial charge is 0.573 e. The maximum Gasteiger partial charge on any atom is 0.573 e. The molecule has 1 atom stereocenters. The molecule has 1 amide bonds. The molecule has 0 radical (unpaired) electrons. The predicted octanol–water partition coefficient (Wildman–Crippen LogP) is 5.73. The predicted molar refractivity (Wildman–Crippen MR) is 152 cm³/mol. The minimum absolute atomic E-state index is 0.0202. The van der Waals surface area contributed by atoms with Gasteiger partial charge < -0.3 is 34.4 Å². The Hall–Kier alpha value is -4.16. The number of methoxy groups -OCH3 is 2. The second kappa shape index (κ2) is 13.2. The first-order valence-corrected chi connectivity index (χ1v) is 13.2. The van der Waals surface area contributed by atoms with Crippen LogP contribution in [0.2, 0.25) is 5.02 Å². The van der Waals surface area contributed by atoms with Crippen molar-refractivity contribution in [2.45, 2.75) is 25.7 Å². The lowest BCUT2D eigenvalue weighted by Gasteiger charge is -2.27. The first kappa shape index (κ1) is 30.8. The Morgan fingerprint density at radius 2 is 1.88 bits per heavy atom. The van der Waals surface area contributed by atoms with Crippen LogP contribution in [0.1, 0.15) is 29.7 Å². The van der Waals surface area contributed by atoms with Gasteiger partial charge in [0.2, 0.25) is 0 Å². The van der Waals surface area contributed by atoms with Crippen molar-refractivity contribution in [3.05, 3.63) is 76.3 Å². The van der Waals surface area contributed by atoms with Gasteiger partial charge in [-0.05, 0) is 49.2 Å². The van der Waals surface area contributed by atoms with Gasteiger partial charge in [-0.15, -0.1) is 13.2 Å². The average Bonchev–Trinajstić information content (AvgIpc) is 3.38. The number of nitrogens with one attached hydrogen (secondary N) is 1.